The van der Waals surface area contributed by atoms with E-state index in [-0.39, 0.29) is 0 Å². The number of hydrogen-bond acceptors (Lipinski definition) is 2. The Kier molecular flexibility index (Phi) is 6.21. The van der Waals surface area contributed by atoms with E-state index in [2.05, 4.69) is 155 Å². The lowest BCUT2D eigenvalue weighted by atomic mass is 10.0. The van der Waals surface area contributed by atoms with E-state index < -0.39 is 0 Å². The van der Waals surface area contributed by atoms with Crippen LogP contribution in [0.5, 0.6) is 0 Å². The molecule has 232 valence electrons. The molecule has 4 heteroatoms. The number of rotatable bonds is 4. The van der Waals surface area contributed by atoms with E-state index in [9.17, 15) is 5.26 Å². The van der Waals surface area contributed by atoms with E-state index in [1.165, 1.54) is 32.9 Å². The molecule has 10 aromatic rings. The van der Waals surface area contributed by atoms with Gasteiger partial charge >= 0.3 is 0 Å². The Morgan fingerprint density at radius 3 is 1.64 bits per heavy atom. The van der Waals surface area contributed by atoms with Crippen LogP contribution >= 0.6 is 0 Å². The first-order chi connectivity index (χ1) is 24.7. The van der Waals surface area contributed by atoms with Crippen molar-refractivity contribution in [3.05, 3.63) is 175 Å². The lowest BCUT2D eigenvalue weighted by Gasteiger charge is -2.11. The predicted octanol–water partition coefficient (Wildman–Crippen LogP) is 11.6. The molecule has 0 aliphatic carbocycles. The lowest BCUT2D eigenvalue weighted by Crippen LogP contribution is -1.99. The maximum atomic E-state index is 10.0. The number of hydrogen-bond donors (Lipinski definition) is 0. The minimum atomic E-state index is 0.618. The molecule has 0 bridgehead atoms. The quantitative estimate of drug-likeness (QED) is 0.193. The van der Waals surface area contributed by atoms with Crippen LogP contribution in [0.15, 0.2) is 170 Å². The van der Waals surface area contributed by atoms with Crippen molar-refractivity contribution in [1.29, 1.82) is 5.26 Å². The van der Waals surface area contributed by atoms with Crippen molar-refractivity contribution >= 4 is 54.5 Å². The molecule has 50 heavy (non-hydrogen) atoms. The zero-order chi connectivity index (χ0) is 33.2. The third-order valence-electron chi connectivity index (χ3n) is 9.94. The van der Waals surface area contributed by atoms with Gasteiger partial charge in [0, 0.05) is 32.6 Å². The Morgan fingerprint density at radius 2 is 0.940 bits per heavy atom. The van der Waals surface area contributed by atoms with Crippen LogP contribution in [0.3, 0.4) is 0 Å². The standard InChI is InChI=1S/C46H28N4/c47-29-34-28-46(48-41-18-7-4-15-36(34)41)50-43-20-9-6-17-38(43)40-27-33(22-24-45(40)50)32-21-23-44-39(26-32)37-16-5-8-19-42(37)49(44)35-14-10-13-31(25-35)30-11-2-1-3-12-30/h1-28H. The Labute approximate surface area is 288 Å². The van der Waals surface area contributed by atoms with Gasteiger partial charge in [-0.3, -0.25) is 4.57 Å². The van der Waals surface area contributed by atoms with Crippen LogP contribution in [0.4, 0.5) is 0 Å². The highest BCUT2D eigenvalue weighted by molar-refractivity contribution is 6.12. The van der Waals surface area contributed by atoms with Crippen LogP contribution in [0.2, 0.25) is 0 Å². The number of para-hydroxylation sites is 3. The van der Waals surface area contributed by atoms with Crippen molar-refractivity contribution in [2.45, 2.75) is 0 Å². The summed E-state index contributed by atoms with van der Waals surface area (Å²) in [5.74, 6) is 0.741. The average molecular weight is 637 g/mol. The first kappa shape index (κ1) is 28.1. The topological polar surface area (TPSA) is 46.5 Å². The molecule has 0 aliphatic rings. The summed E-state index contributed by atoms with van der Waals surface area (Å²) < 4.78 is 4.56. The van der Waals surface area contributed by atoms with Gasteiger partial charge in [0.2, 0.25) is 0 Å². The van der Waals surface area contributed by atoms with Crippen molar-refractivity contribution in [3.8, 4) is 39.8 Å². The summed E-state index contributed by atoms with van der Waals surface area (Å²) in [5, 5.41) is 15.6. The van der Waals surface area contributed by atoms with Crippen LogP contribution in [-0.4, -0.2) is 14.1 Å². The molecule has 0 spiro atoms. The fourth-order valence-corrected chi connectivity index (χ4v) is 7.65. The fraction of sp³-hybridized carbons (Fsp3) is 0. The fourth-order valence-electron chi connectivity index (χ4n) is 7.65. The van der Waals surface area contributed by atoms with E-state index in [0.717, 1.165) is 55.3 Å². The number of nitriles is 1. The van der Waals surface area contributed by atoms with Gasteiger partial charge in [0.25, 0.3) is 0 Å². The highest BCUT2D eigenvalue weighted by atomic mass is 15.1. The molecule has 4 nitrogen and oxygen atoms in total. The van der Waals surface area contributed by atoms with Gasteiger partial charge in [-0.2, -0.15) is 5.26 Å². The molecule has 0 atom stereocenters. The van der Waals surface area contributed by atoms with E-state index in [4.69, 9.17) is 4.98 Å². The highest BCUT2D eigenvalue weighted by Gasteiger charge is 2.17. The van der Waals surface area contributed by atoms with Gasteiger partial charge in [-0.05, 0) is 82.9 Å². The summed E-state index contributed by atoms with van der Waals surface area (Å²) in [6.45, 7) is 0. The van der Waals surface area contributed by atoms with Gasteiger partial charge in [-0.15, -0.1) is 0 Å². The molecular formula is C46H28N4. The molecule has 3 heterocycles. The molecule has 0 saturated carbocycles. The smallest absolute Gasteiger partial charge is 0.139 e. The number of nitrogens with zero attached hydrogens (tertiary/aromatic N) is 4. The molecule has 0 amide bonds. The molecule has 3 aromatic heterocycles. The number of pyridine rings is 1. The minimum Gasteiger partial charge on any atom is -0.309 e. The number of fused-ring (bicyclic) bond motifs is 7. The van der Waals surface area contributed by atoms with E-state index in [0.29, 0.717) is 5.56 Å². The third kappa shape index (κ3) is 4.28. The predicted molar refractivity (Wildman–Crippen MR) is 206 cm³/mol. The normalized spacial score (nSPS) is 11.6. The van der Waals surface area contributed by atoms with Gasteiger partial charge in [-0.25, -0.2) is 4.98 Å². The molecule has 0 radical (unpaired) electrons. The maximum Gasteiger partial charge on any atom is 0.139 e. The Morgan fingerprint density at radius 1 is 0.400 bits per heavy atom. The van der Waals surface area contributed by atoms with Crippen molar-refractivity contribution in [1.82, 2.24) is 14.1 Å². The summed E-state index contributed by atoms with van der Waals surface area (Å²) >= 11 is 0. The molecular weight excluding hydrogens is 609 g/mol. The van der Waals surface area contributed by atoms with Crippen LogP contribution in [0.25, 0.3) is 88.3 Å². The Bertz CT molecular complexity index is 2990. The zero-order valence-electron chi connectivity index (χ0n) is 27.0. The zero-order valence-corrected chi connectivity index (χ0v) is 27.0. The summed E-state index contributed by atoms with van der Waals surface area (Å²) in [6, 6.07) is 62.1. The van der Waals surface area contributed by atoms with Crippen molar-refractivity contribution < 1.29 is 0 Å². The molecule has 0 saturated heterocycles. The Balaban J connectivity index is 1.15. The van der Waals surface area contributed by atoms with Gasteiger partial charge in [0.1, 0.15) is 5.82 Å². The first-order valence-electron chi connectivity index (χ1n) is 16.8. The van der Waals surface area contributed by atoms with Gasteiger partial charge < -0.3 is 4.57 Å². The Hall–Kier alpha value is -6.96. The van der Waals surface area contributed by atoms with E-state index in [1.807, 2.05) is 30.3 Å². The molecule has 0 aliphatic heterocycles. The van der Waals surface area contributed by atoms with Crippen molar-refractivity contribution in [2.24, 2.45) is 0 Å². The molecule has 0 N–H and O–H groups in total. The van der Waals surface area contributed by atoms with Crippen molar-refractivity contribution in [2.75, 3.05) is 0 Å². The molecule has 7 aromatic carbocycles. The summed E-state index contributed by atoms with van der Waals surface area (Å²) in [4.78, 5) is 5.03. The monoisotopic (exact) mass is 636 g/mol. The largest absolute Gasteiger partial charge is 0.309 e. The minimum absolute atomic E-state index is 0.618. The molecule has 10 rings (SSSR count). The molecule has 0 unspecified atom stereocenters. The van der Waals surface area contributed by atoms with E-state index in [1.54, 1.807) is 0 Å². The third-order valence-corrected chi connectivity index (χ3v) is 9.94. The van der Waals surface area contributed by atoms with Gasteiger partial charge in [0.05, 0.1) is 39.2 Å². The molecule has 0 fully saturated rings. The van der Waals surface area contributed by atoms with Crippen molar-refractivity contribution in [3.63, 3.8) is 0 Å². The second kappa shape index (κ2) is 11.1. The summed E-state index contributed by atoms with van der Waals surface area (Å²) in [7, 11) is 0. The van der Waals surface area contributed by atoms with Crippen LogP contribution < -0.4 is 0 Å². The SMILES string of the molecule is N#Cc1cc(-n2c3ccccc3c3cc(-c4ccc5c(c4)c4ccccc4n5-c4cccc(-c5ccccc5)c4)ccc32)nc2ccccc12. The second-order valence-electron chi connectivity index (χ2n) is 12.7. The van der Waals surface area contributed by atoms with Gasteiger partial charge in [0.15, 0.2) is 0 Å². The van der Waals surface area contributed by atoms with Crippen LogP contribution in [0, 0.1) is 11.3 Å². The first-order valence-corrected chi connectivity index (χ1v) is 16.8. The van der Waals surface area contributed by atoms with E-state index >= 15 is 0 Å². The summed E-state index contributed by atoms with van der Waals surface area (Å²) in [5.41, 5.74) is 11.7. The maximum absolute atomic E-state index is 10.0. The number of benzene rings is 7. The van der Waals surface area contributed by atoms with Crippen LogP contribution in [0.1, 0.15) is 5.56 Å². The second-order valence-corrected chi connectivity index (χ2v) is 12.7. The summed E-state index contributed by atoms with van der Waals surface area (Å²) in [6.07, 6.45) is 0. The van der Waals surface area contributed by atoms with Crippen LogP contribution in [-0.2, 0) is 0 Å². The van der Waals surface area contributed by atoms with Gasteiger partial charge in [-0.1, -0.05) is 109 Å². The highest BCUT2D eigenvalue weighted by Crippen LogP contribution is 2.39. The lowest BCUT2D eigenvalue weighted by molar-refractivity contribution is 1.10. The number of aromatic nitrogens is 3. The average Bonchev–Trinajstić information content (AvgIpc) is 3.70.